The van der Waals surface area contributed by atoms with E-state index in [0.717, 1.165) is 0 Å². The minimum Gasteiger partial charge on any atom is -0.218 e. The average Bonchev–Trinajstić information content (AvgIpc) is 2.65. The van der Waals surface area contributed by atoms with Crippen LogP contribution in [0.1, 0.15) is 22.3 Å². The largest absolute Gasteiger partial charge is 0.416 e. The summed E-state index contributed by atoms with van der Waals surface area (Å²) >= 11 is 0. The highest BCUT2D eigenvalue weighted by Crippen LogP contribution is 2.37. The van der Waals surface area contributed by atoms with Gasteiger partial charge in [-0.2, -0.15) is 26.3 Å². The lowest BCUT2D eigenvalue weighted by molar-refractivity contribution is -0.143. The Morgan fingerprint density at radius 3 is 1.65 bits per heavy atom. The fourth-order valence-electron chi connectivity index (χ4n) is 2.39. The zero-order valence-electron chi connectivity index (χ0n) is 15.7. The van der Waals surface area contributed by atoms with Gasteiger partial charge in [0.05, 0.1) is 21.8 Å². The predicted octanol–water partition coefficient (Wildman–Crippen LogP) is 3.25. The lowest BCUT2D eigenvalue weighted by Crippen LogP contribution is -2.24. The highest BCUT2D eigenvalue weighted by atomic mass is 32.2. The molecule has 0 aromatic heterocycles. The summed E-state index contributed by atoms with van der Waals surface area (Å²) in [6, 6.07) is 5.59. The molecule has 0 heterocycles. The van der Waals surface area contributed by atoms with Crippen molar-refractivity contribution in [1.82, 2.24) is 9.44 Å². The van der Waals surface area contributed by atoms with Crippen molar-refractivity contribution in [3.05, 3.63) is 64.7 Å². The van der Waals surface area contributed by atoms with Gasteiger partial charge >= 0.3 is 12.4 Å². The van der Waals surface area contributed by atoms with Crippen LogP contribution in [-0.4, -0.2) is 23.9 Å². The molecule has 0 spiro atoms. The highest BCUT2D eigenvalue weighted by Gasteiger charge is 2.38. The molecule has 2 aromatic rings. The summed E-state index contributed by atoms with van der Waals surface area (Å²) in [4.78, 5) is -1.19. The Morgan fingerprint density at radius 1 is 0.774 bits per heavy atom. The second-order valence-corrected chi connectivity index (χ2v) is 10.0. The SMILES string of the molecule is CNS(=O)(=O)Cc1ccc(CNS(=O)(=O)c2cc(C(F)(F)F)cc(C(F)(F)F)c2)cc1. The van der Waals surface area contributed by atoms with E-state index in [2.05, 4.69) is 4.72 Å². The molecule has 0 aliphatic carbocycles. The Kier molecular flexibility index (Phi) is 7.10. The van der Waals surface area contributed by atoms with Gasteiger partial charge in [0, 0.05) is 6.54 Å². The number of benzene rings is 2. The van der Waals surface area contributed by atoms with E-state index < -0.39 is 55.0 Å². The van der Waals surface area contributed by atoms with E-state index in [1.54, 1.807) is 0 Å². The van der Waals surface area contributed by atoms with E-state index in [9.17, 15) is 43.2 Å². The number of nitrogens with one attached hydrogen (secondary N) is 2. The van der Waals surface area contributed by atoms with Gasteiger partial charge in [-0.3, -0.25) is 0 Å². The Morgan fingerprint density at radius 2 is 1.23 bits per heavy atom. The smallest absolute Gasteiger partial charge is 0.218 e. The maximum absolute atomic E-state index is 12.9. The predicted molar refractivity (Wildman–Crippen MR) is 98.6 cm³/mol. The third kappa shape index (κ3) is 6.92. The molecule has 0 unspecified atom stereocenters. The van der Waals surface area contributed by atoms with Crippen molar-refractivity contribution in [3.8, 4) is 0 Å². The molecule has 31 heavy (non-hydrogen) atoms. The van der Waals surface area contributed by atoms with Crippen molar-refractivity contribution in [2.45, 2.75) is 29.5 Å². The van der Waals surface area contributed by atoms with E-state index in [4.69, 9.17) is 0 Å². The monoisotopic (exact) mass is 490 g/mol. The normalized spacial score (nSPS) is 13.4. The lowest BCUT2D eigenvalue weighted by atomic mass is 10.1. The molecular formula is C17H16F6N2O4S2. The van der Waals surface area contributed by atoms with Crippen molar-refractivity contribution < 1.29 is 43.2 Å². The Labute approximate surface area is 174 Å². The van der Waals surface area contributed by atoms with Crippen LogP contribution in [-0.2, 0) is 44.7 Å². The van der Waals surface area contributed by atoms with Crippen molar-refractivity contribution in [2.75, 3.05) is 7.05 Å². The molecule has 0 amide bonds. The first-order valence-corrected chi connectivity index (χ1v) is 11.5. The Balaban J connectivity index is 2.26. The fourth-order valence-corrected chi connectivity index (χ4v) is 4.25. The van der Waals surface area contributed by atoms with Gasteiger partial charge in [-0.1, -0.05) is 24.3 Å². The van der Waals surface area contributed by atoms with E-state index >= 15 is 0 Å². The number of hydrogen-bond acceptors (Lipinski definition) is 4. The molecule has 2 rings (SSSR count). The number of rotatable bonds is 7. The fraction of sp³-hybridized carbons (Fsp3) is 0.294. The molecule has 172 valence electrons. The highest BCUT2D eigenvalue weighted by molar-refractivity contribution is 7.89. The van der Waals surface area contributed by atoms with Crippen LogP contribution in [0, 0.1) is 0 Å². The van der Waals surface area contributed by atoms with Crippen LogP contribution in [0.5, 0.6) is 0 Å². The minimum absolute atomic E-state index is 0.114. The molecule has 0 atom stereocenters. The lowest BCUT2D eigenvalue weighted by Gasteiger charge is -2.15. The molecular weight excluding hydrogens is 474 g/mol. The third-order valence-electron chi connectivity index (χ3n) is 4.03. The molecule has 2 N–H and O–H groups in total. The van der Waals surface area contributed by atoms with Crippen LogP contribution in [0.15, 0.2) is 47.4 Å². The van der Waals surface area contributed by atoms with Gasteiger partial charge in [0.2, 0.25) is 20.0 Å². The molecule has 0 saturated carbocycles. The molecule has 2 aromatic carbocycles. The maximum Gasteiger partial charge on any atom is 0.416 e. The average molecular weight is 490 g/mol. The molecule has 0 fully saturated rings. The first kappa shape index (κ1) is 25.1. The van der Waals surface area contributed by atoms with Gasteiger partial charge < -0.3 is 0 Å². The number of sulfonamides is 2. The zero-order valence-corrected chi connectivity index (χ0v) is 17.3. The standard InChI is InChI=1S/C17H16F6N2O4S2/c1-24-30(26,27)10-12-4-2-11(3-5-12)9-25-31(28,29)15-7-13(16(18,19)20)6-14(8-15)17(21,22)23/h2-8,24-25H,9-10H2,1H3. The minimum atomic E-state index is -5.19. The second-order valence-electron chi connectivity index (χ2n) is 6.35. The van der Waals surface area contributed by atoms with Crippen molar-refractivity contribution >= 4 is 20.0 Å². The Hall–Kier alpha value is -2.16. The summed E-state index contributed by atoms with van der Waals surface area (Å²) in [5, 5.41) is 0. The van der Waals surface area contributed by atoms with Gasteiger partial charge in [-0.05, 0) is 36.4 Å². The molecule has 0 bridgehead atoms. The van der Waals surface area contributed by atoms with Crippen LogP contribution in [0.4, 0.5) is 26.3 Å². The molecule has 0 saturated heterocycles. The van der Waals surface area contributed by atoms with Gasteiger partial charge in [-0.25, -0.2) is 26.3 Å². The van der Waals surface area contributed by atoms with E-state index in [-0.39, 0.29) is 24.0 Å². The third-order valence-corrected chi connectivity index (χ3v) is 6.74. The summed E-state index contributed by atoms with van der Waals surface area (Å²) < 4.78 is 129. The van der Waals surface area contributed by atoms with Gasteiger partial charge in [0.1, 0.15) is 0 Å². The second kappa shape index (κ2) is 8.76. The molecule has 14 heteroatoms. The maximum atomic E-state index is 12.9. The first-order chi connectivity index (χ1) is 14.0. The van der Waals surface area contributed by atoms with Crippen LogP contribution in [0.25, 0.3) is 0 Å². The van der Waals surface area contributed by atoms with Crippen LogP contribution in [0.3, 0.4) is 0 Å². The molecule has 0 aliphatic heterocycles. The summed E-state index contributed by atoms with van der Waals surface area (Å²) in [6.45, 7) is -0.445. The topological polar surface area (TPSA) is 92.3 Å². The van der Waals surface area contributed by atoms with Crippen molar-refractivity contribution in [3.63, 3.8) is 0 Å². The summed E-state index contributed by atoms with van der Waals surface area (Å²) in [6.07, 6.45) is -10.4. The van der Waals surface area contributed by atoms with E-state index in [1.807, 2.05) is 4.72 Å². The van der Waals surface area contributed by atoms with Gasteiger partial charge in [0.15, 0.2) is 0 Å². The first-order valence-electron chi connectivity index (χ1n) is 8.32. The van der Waals surface area contributed by atoms with E-state index in [0.29, 0.717) is 11.1 Å². The number of halogens is 6. The van der Waals surface area contributed by atoms with Gasteiger partial charge in [-0.15, -0.1) is 0 Å². The Bertz CT molecular complexity index is 1110. The molecule has 0 radical (unpaired) electrons. The molecule has 6 nitrogen and oxygen atoms in total. The van der Waals surface area contributed by atoms with Crippen molar-refractivity contribution in [1.29, 1.82) is 0 Å². The van der Waals surface area contributed by atoms with Crippen LogP contribution < -0.4 is 9.44 Å². The summed E-state index contributed by atoms with van der Waals surface area (Å²) in [5.41, 5.74) is -2.82. The van der Waals surface area contributed by atoms with Crippen LogP contribution >= 0.6 is 0 Å². The summed E-state index contributed by atoms with van der Waals surface area (Å²) in [5.74, 6) is -0.333. The van der Waals surface area contributed by atoms with Crippen molar-refractivity contribution in [2.24, 2.45) is 0 Å². The number of hydrogen-bond donors (Lipinski definition) is 2. The zero-order chi connectivity index (χ0) is 23.7. The van der Waals surface area contributed by atoms with E-state index in [1.165, 1.54) is 31.3 Å². The number of alkyl halides is 6. The molecule has 0 aliphatic rings. The summed E-state index contributed by atoms with van der Waals surface area (Å²) in [7, 11) is -7.02. The van der Waals surface area contributed by atoms with Crippen LogP contribution in [0.2, 0.25) is 0 Å². The van der Waals surface area contributed by atoms with Gasteiger partial charge in [0.25, 0.3) is 0 Å². The quantitative estimate of drug-likeness (QED) is 0.583.